The molecule has 4 aromatic rings. The van der Waals surface area contributed by atoms with Gasteiger partial charge < -0.3 is 9.30 Å². The Hall–Kier alpha value is -3.32. The predicted molar refractivity (Wildman–Crippen MR) is 150 cm³/mol. The molecule has 1 amide bonds. The highest BCUT2D eigenvalue weighted by atomic mass is 32.2. The van der Waals surface area contributed by atoms with Crippen molar-refractivity contribution in [3.63, 3.8) is 0 Å². The van der Waals surface area contributed by atoms with Crippen LogP contribution < -0.4 is 9.11 Å². The molecule has 0 aliphatic carbocycles. The Morgan fingerprint density at radius 2 is 1.72 bits per heavy atom. The molecule has 1 aliphatic heterocycles. The summed E-state index contributed by atoms with van der Waals surface area (Å²) >= 11 is 1.21. The third-order valence-electron chi connectivity index (χ3n) is 6.48. The van der Waals surface area contributed by atoms with E-state index in [1.807, 2.05) is 29.7 Å². The molecule has 0 atom stereocenters. The number of amides is 1. The van der Waals surface area contributed by atoms with Crippen LogP contribution in [0.15, 0.2) is 81.5 Å². The van der Waals surface area contributed by atoms with Gasteiger partial charge in [-0.2, -0.15) is 4.99 Å². The molecule has 0 radical (unpaired) electrons. The van der Waals surface area contributed by atoms with Crippen molar-refractivity contribution in [3.05, 3.63) is 82.7 Å². The van der Waals surface area contributed by atoms with E-state index in [-0.39, 0.29) is 15.4 Å². The lowest BCUT2D eigenvalue weighted by Gasteiger charge is -2.19. The topological polar surface area (TPSA) is 115 Å². The van der Waals surface area contributed by atoms with E-state index in [0.717, 1.165) is 17.3 Å². The lowest BCUT2D eigenvalue weighted by Crippen LogP contribution is -2.29. The van der Waals surface area contributed by atoms with Crippen LogP contribution in [0.25, 0.3) is 10.2 Å². The van der Waals surface area contributed by atoms with Crippen LogP contribution in [0.1, 0.15) is 22.8 Å². The summed E-state index contributed by atoms with van der Waals surface area (Å²) in [6.07, 6.45) is 1.79. The van der Waals surface area contributed by atoms with Crippen molar-refractivity contribution in [2.75, 3.05) is 30.3 Å². The Bertz CT molecular complexity index is 1840. The van der Waals surface area contributed by atoms with Gasteiger partial charge in [0.25, 0.3) is 15.9 Å². The third-order valence-corrected chi connectivity index (χ3v) is 10.5. The summed E-state index contributed by atoms with van der Waals surface area (Å²) in [5.74, 6) is -0.537. The fraction of sp³-hybridized carbons (Fsp3) is 0.259. The third kappa shape index (κ3) is 5.42. The number of aromatic nitrogens is 1. The van der Waals surface area contributed by atoms with Crippen molar-refractivity contribution in [2.24, 2.45) is 4.99 Å². The number of thiazole rings is 1. The van der Waals surface area contributed by atoms with Gasteiger partial charge in [-0.3, -0.25) is 9.10 Å². The summed E-state index contributed by atoms with van der Waals surface area (Å²) in [4.78, 5) is 18.1. The molecule has 0 unspecified atom stereocenters. The molecule has 3 aromatic carbocycles. The number of sulfone groups is 1. The maximum Gasteiger partial charge on any atom is 0.279 e. The molecule has 1 aliphatic rings. The quantitative estimate of drug-likeness (QED) is 0.292. The van der Waals surface area contributed by atoms with Crippen LogP contribution in [-0.2, 0) is 37.6 Å². The van der Waals surface area contributed by atoms with Gasteiger partial charge in [-0.05, 0) is 67.4 Å². The molecule has 0 spiro atoms. The van der Waals surface area contributed by atoms with E-state index in [0.29, 0.717) is 47.9 Å². The first-order valence-electron chi connectivity index (χ1n) is 12.3. The monoisotopic (exact) mass is 585 g/mol. The van der Waals surface area contributed by atoms with Gasteiger partial charge in [0.1, 0.15) is 0 Å². The lowest BCUT2D eigenvalue weighted by atomic mass is 10.2. The van der Waals surface area contributed by atoms with E-state index in [1.165, 1.54) is 46.0 Å². The van der Waals surface area contributed by atoms with Crippen LogP contribution in [0, 0.1) is 0 Å². The SMILES string of the molecule is CCOCCn1c(=NC(=O)c2ccc(S(=O)(=O)N3CCc4ccccc43)cc2)sc2cc(S(C)(=O)=O)ccc21. The normalized spacial score (nSPS) is 14.2. The van der Waals surface area contributed by atoms with Gasteiger partial charge >= 0.3 is 0 Å². The molecule has 2 heterocycles. The number of rotatable bonds is 8. The van der Waals surface area contributed by atoms with Crippen LogP contribution in [0.4, 0.5) is 5.69 Å². The van der Waals surface area contributed by atoms with Gasteiger partial charge in [0.2, 0.25) is 0 Å². The van der Waals surface area contributed by atoms with Crippen LogP contribution in [0.5, 0.6) is 0 Å². The molecule has 1 aromatic heterocycles. The van der Waals surface area contributed by atoms with Crippen molar-refractivity contribution in [2.45, 2.75) is 29.7 Å². The van der Waals surface area contributed by atoms with E-state index in [4.69, 9.17) is 4.74 Å². The number of carbonyl (C=O) groups excluding carboxylic acids is 1. The molecule has 12 heteroatoms. The zero-order chi connectivity index (χ0) is 27.8. The molecular formula is C27H27N3O6S3. The number of ether oxygens (including phenoxy) is 1. The Balaban J connectivity index is 1.47. The number of nitrogens with zero attached hydrogens (tertiary/aromatic N) is 3. The molecule has 9 nitrogen and oxygen atoms in total. The number of anilines is 1. The minimum absolute atomic E-state index is 0.0951. The Labute approximate surface area is 231 Å². The molecular weight excluding hydrogens is 559 g/mol. The van der Waals surface area contributed by atoms with Crippen molar-refractivity contribution < 1.29 is 26.4 Å². The fourth-order valence-corrected chi connectivity index (χ4v) is 7.81. The van der Waals surface area contributed by atoms with Gasteiger partial charge in [0.05, 0.1) is 32.3 Å². The molecule has 0 fully saturated rings. The smallest absolute Gasteiger partial charge is 0.279 e. The maximum absolute atomic E-state index is 13.3. The first-order chi connectivity index (χ1) is 18.6. The van der Waals surface area contributed by atoms with E-state index < -0.39 is 25.8 Å². The highest BCUT2D eigenvalue weighted by molar-refractivity contribution is 7.92. The minimum Gasteiger partial charge on any atom is -0.380 e. The fourth-order valence-electron chi connectivity index (χ4n) is 4.49. The zero-order valence-electron chi connectivity index (χ0n) is 21.4. The largest absolute Gasteiger partial charge is 0.380 e. The average Bonchev–Trinajstić information content (AvgIpc) is 3.50. The number of carbonyl (C=O) groups is 1. The van der Waals surface area contributed by atoms with E-state index in [1.54, 1.807) is 18.2 Å². The second-order valence-electron chi connectivity index (χ2n) is 9.03. The number of para-hydroxylation sites is 1. The average molecular weight is 586 g/mol. The Morgan fingerprint density at radius 1 is 1.00 bits per heavy atom. The number of hydrogen-bond donors (Lipinski definition) is 0. The summed E-state index contributed by atoms with van der Waals surface area (Å²) in [7, 11) is -7.18. The van der Waals surface area contributed by atoms with Crippen molar-refractivity contribution in [1.29, 1.82) is 0 Å². The number of sulfonamides is 1. The van der Waals surface area contributed by atoms with Gasteiger partial charge in [0.15, 0.2) is 14.6 Å². The van der Waals surface area contributed by atoms with Crippen LogP contribution in [0.2, 0.25) is 0 Å². The predicted octanol–water partition coefficient (Wildman–Crippen LogP) is 3.64. The molecule has 0 N–H and O–H groups in total. The van der Waals surface area contributed by atoms with Gasteiger partial charge in [-0.15, -0.1) is 0 Å². The first kappa shape index (κ1) is 27.3. The van der Waals surface area contributed by atoms with Crippen molar-refractivity contribution >= 4 is 53.0 Å². The summed E-state index contributed by atoms with van der Waals surface area (Å²) < 4.78 is 60.1. The molecule has 0 saturated heterocycles. The highest BCUT2D eigenvalue weighted by Crippen LogP contribution is 2.32. The summed E-state index contributed by atoms with van der Waals surface area (Å²) in [6, 6.07) is 18.0. The summed E-state index contributed by atoms with van der Waals surface area (Å²) in [6.45, 7) is 3.60. The van der Waals surface area contributed by atoms with Crippen molar-refractivity contribution in [1.82, 2.24) is 4.57 Å². The van der Waals surface area contributed by atoms with Crippen LogP contribution in [0.3, 0.4) is 0 Å². The second kappa shape index (κ2) is 10.7. The minimum atomic E-state index is -3.78. The van der Waals surface area contributed by atoms with Crippen LogP contribution >= 0.6 is 11.3 Å². The number of benzene rings is 3. The van der Waals surface area contributed by atoms with Crippen molar-refractivity contribution in [3.8, 4) is 0 Å². The maximum atomic E-state index is 13.3. The highest BCUT2D eigenvalue weighted by Gasteiger charge is 2.30. The summed E-state index contributed by atoms with van der Waals surface area (Å²) in [5.41, 5.74) is 2.64. The second-order valence-corrected chi connectivity index (χ2v) is 13.9. The number of fused-ring (bicyclic) bond motifs is 2. The molecule has 39 heavy (non-hydrogen) atoms. The summed E-state index contributed by atoms with van der Waals surface area (Å²) in [5, 5.41) is 0. The zero-order valence-corrected chi connectivity index (χ0v) is 23.9. The molecule has 5 rings (SSSR count). The van der Waals surface area contributed by atoms with E-state index in [2.05, 4.69) is 4.99 Å². The molecule has 0 saturated carbocycles. The molecule has 0 bridgehead atoms. The lowest BCUT2D eigenvalue weighted by molar-refractivity contribution is 0.0996. The van der Waals surface area contributed by atoms with Gasteiger partial charge in [-0.1, -0.05) is 29.5 Å². The van der Waals surface area contributed by atoms with Crippen LogP contribution in [-0.4, -0.2) is 53.3 Å². The Kier molecular flexibility index (Phi) is 7.47. The van der Waals surface area contributed by atoms with E-state index >= 15 is 0 Å². The standard InChI is InChI=1S/C27H27N3O6S3/c1-3-36-17-16-29-24-13-12-22(38(2,32)33)18-25(24)37-27(29)28-26(31)20-8-10-21(11-9-20)39(34,35)30-15-14-19-6-4-5-7-23(19)30/h4-13,18H,3,14-17H2,1-2H3. The first-order valence-corrected chi connectivity index (χ1v) is 16.5. The molecule has 204 valence electrons. The van der Waals surface area contributed by atoms with Gasteiger partial charge in [-0.25, -0.2) is 16.8 Å². The number of hydrogen-bond acceptors (Lipinski definition) is 7. The van der Waals surface area contributed by atoms with Gasteiger partial charge in [0, 0.05) is 31.5 Å². The Morgan fingerprint density at radius 3 is 2.44 bits per heavy atom. The van der Waals surface area contributed by atoms with E-state index in [9.17, 15) is 21.6 Å².